The van der Waals surface area contributed by atoms with Gasteiger partial charge in [0.1, 0.15) is 22.7 Å². The first kappa shape index (κ1) is 20.9. The summed E-state index contributed by atoms with van der Waals surface area (Å²) in [5.41, 5.74) is 1.26. The summed E-state index contributed by atoms with van der Waals surface area (Å²) >= 11 is 6.33. The summed E-state index contributed by atoms with van der Waals surface area (Å²) in [6, 6.07) is 2.00. The second kappa shape index (κ2) is 8.17. The lowest BCUT2D eigenvalue weighted by atomic mass is 9.64. The van der Waals surface area contributed by atoms with Gasteiger partial charge in [-0.05, 0) is 65.5 Å². The van der Waals surface area contributed by atoms with Crippen LogP contribution < -0.4 is 4.74 Å². The molecule has 1 saturated carbocycles. The minimum atomic E-state index is -0.493. The van der Waals surface area contributed by atoms with Gasteiger partial charge >= 0.3 is 0 Å². The van der Waals surface area contributed by atoms with Gasteiger partial charge in [0.25, 0.3) is 0 Å². The molecule has 7 nitrogen and oxygen atoms in total. The number of fused-ring (bicyclic) bond motifs is 2. The van der Waals surface area contributed by atoms with E-state index in [0.717, 1.165) is 62.7 Å². The van der Waals surface area contributed by atoms with E-state index < -0.39 is 5.41 Å². The maximum absolute atomic E-state index is 12.9. The van der Waals surface area contributed by atoms with E-state index in [4.69, 9.17) is 20.9 Å². The molecule has 31 heavy (non-hydrogen) atoms. The molecule has 5 rings (SSSR count). The molecule has 0 N–H and O–H groups in total. The normalized spacial score (nSPS) is 27.5. The minimum Gasteiger partial charge on any atom is -0.473 e. The number of carbonyl (C=O) groups is 1. The lowest BCUT2D eigenvalue weighted by molar-refractivity contribution is -0.127. The fourth-order valence-electron chi connectivity index (χ4n) is 5.74. The topological polar surface area (TPSA) is 81.3 Å². The standard InChI is InChI=1S/C23H29ClN4O3/c1-14(16-8-6-12-28(16)2)30-19-13-18(24)25-22(26-19)20-15-7-5-11-23(21(15)27-31-20)10-4-3-9-17(23)29/h13-14,16H,3-12H2,1-2H3/t14-,16-,23?/m0/s1. The number of nitrogens with zero attached hydrogens (tertiary/aromatic N) is 4. The van der Waals surface area contributed by atoms with Crippen LogP contribution in [0.5, 0.6) is 5.88 Å². The van der Waals surface area contributed by atoms with Crippen molar-refractivity contribution in [1.82, 2.24) is 20.0 Å². The number of rotatable bonds is 4. The average Bonchev–Trinajstić information content (AvgIpc) is 3.37. The van der Waals surface area contributed by atoms with Crippen molar-refractivity contribution in [2.45, 2.75) is 82.3 Å². The Morgan fingerprint density at radius 1 is 1.23 bits per heavy atom. The van der Waals surface area contributed by atoms with Crippen molar-refractivity contribution >= 4 is 17.4 Å². The maximum Gasteiger partial charge on any atom is 0.218 e. The van der Waals surface area contributed by atoms with Crippen molar-refractivity contribution in [3.63, 3.8) is 0 Å². The molecule has 0 aromatic carbocycles. The number of likely N-dealkylation sites (N-methyl/N-ethyl adjacent to an activating group) is 1. The molecule has 1 spiro atoms. The van der Waals surface area contributed by atoms with Crippen LogP contribution >= 0.6 is 11.6 Å². The second-order valence-corrected chi connectivity index (χ2v) is 9.66. The number of ether oxygens (including phenoxy) is 1. The Balaban J connectivity index is 1.46. The van der Waals surface area contributed by atoms with Crippen molar-refractivity contribution in [3.05, 3.63) is 22.5 Å². The van der Waals surface area contributed by atoms with E-state index in [1.165, 1.54) is 6.42 Å². The van der Waals surface area contributed by atoms with Gasteiger partial charge in [0.05, 0.1) is 5.41 Å². The lowest BCUT2D eigenvalue weighted by Gasteiger charge is -2.37. The Kier molecular flexibility index (Phi) is 5.51. The van der Waals surface area contributed by atoms with Crippen LogP contribution in [0.15, 0.2) is 10.6 Å². The zero-order valence-corrected chi connectivity index (χ0v) is 19.0. The highest BCUT2D eigenvalue weighted by atomic mass is 35.5. The predicted octanol–water partition coefficient (Wildman–Crippen LogP) is 4.36. The lowest BCUT2D eigenvalue weighted by Crippen LogP contribution is -2.41. The van der Waals surface area contributed by atoms with E-state index in [0.29, 0.717) is 40.9 Å². The predicted molar refractivity (Wildman–Crippen MR) is 116 cm³/mol. The molecule has 0 radical (unpaired) electrons. The maximum atomic E-state index is 12.9. The number of aromatic nitrogens is 3. The van der Waals surface area contributed by atoms with E-state index >= 15 is 0 Å². The van der Waals surface area contributed by atoms with Crippen molar-refractivity contribution in [2.75, 3.05) is 13.6 Å². The summed E-state index contributed by atoms with van der Waals surface area (Å²) in [5.74, 6) is 1.63. The molecule has 3 atom stereocenters. The van der Waals surface area contributed by atoms with Gasteiger partial charge in [0, 0.05) is 24.1 Å². The van der Waals surface area contributed by atoms with Gasteiger partial charge in [-0.1, -0.05) is 23.2 Å². The van der Waals surface area contributed by atoms with Crippen LogP contribution in [-0.2, 0) is 16.6 Å². The third kappa shape index (κ3) is 3.65. The van der Waals surface area contributed by atoms with Crippen LogP contribution in [-0.4, -0.2) is 51.5 Å². The fraction of sp³-hybridized carbons (Fsp3) is 0.652. The Hall–Kier alpha value is -1.99. The third-order valence-electron chi connectivity index (χ3n) is 7.36. The monoisotopic (exact) mass is 444 g/mol. The molecule has 2 aliphatic carbocycles. The quantitative estimate of drug-likeness (QED) is 0.648. The first-order valence-corrected chi connectivity index (χ1v) is 11.8. The van der Waals surface area contributed by atoms with E-state index in [1.54, 1.807) is 6.07 Å². The molecule has 166 valence electrons. The Bertz CT molecular complexity index is 993. The molecule has 1 unspecified atom stereocenters. The molecule has 3 aliphatic rings. The van der Waals surface area contributed by atoms with Gasteiger partial charge in [-0.3, -0.25) is 9.69 Å². The molecule has 2 fully saturated rings. The van der Waals surface area contributed by atoms with Crippen LogP contribution in [0.25, 0.3) is 11.6 Å². The van der Waals surface area contributed by atoms with Crippen molar-refractivity contribution in [2.24, 2.45) is 0 Å². The number of likely N-dealkylation sites (tertiary alicyclic amines) is 1. The Labute approximate surface area is 187 Å². The first-order chi connectivity index (χ1) is 15.0. The van der Waals surface area contributed by atoms with Crippen molar-refractivity contribution in [3.8, 4) is 17.5 Å². The van der Waals surface area contributed by atoms with Gasteiger partial charge < -0.3 is 9.26 Å². The summed E-state index contributed by atoms with van der Waals surface area (Å²) < 4.78 is 11.9. The molecular formula is C23H29ClN4O3. The smallest absolute Gasteiger partial charge is 0.218 e. The Morgan fingerprint density at radius 2 is 2.06 bits per heavy atom. The number of ketones is 1. The van der Waals surface area contributed by atoms with E-state index in [-0.39, 0.29) is 6.10 Å². The Morgan fingerprint density at radius 3 is 2.84 bits per heavy atom. The summed E-state index contributed by atoms with van der Waals surface area (Å²) in [7, 11) is 2.12. The zero-order valence-electron chi connectivity index (χ0n) is 18.2. The van der Waals surface area contributed by atoms with Crippen LogP contribution in [0.3, 0.4) is 0 Å². The highest BCUT2D eigenvalue weighted by molar-refractivity contribution is 6.29. The van der Waals surface area contributed by atoms with Crippen LogP contribution in [0.2, 0.25) is 5.15 Å². The van der Waals surface area contributed by atoms with Crippen molar-refractivity contribution in [1.29, 1.82) is 0 Å². The number of hydrogen-bond donors (Lipinski definition) is 0. The fourth-order valence-corrected chi connectivity index (χ4v) is 5.91. The molecule has 2 aromatic rings. The molecule has 0 bridgehead atoms. The minimum absolute atomic E-state index is 0.0157. The summed E-state index contributed by atoms with van der Waals surface area (Å²) in [6.45, 7) is 3.15. The number of hydrogen-bond acceptors (Lipinski definition) is 7. The summed E-state index contributed by atoms with van der Waals surface area (Å²) in [5, 5.41) is 4.69. The molecular weight excluding hydrogens is 416 g/mol. The van der Waals surface area contributed by atoms with Crippen LogP contribution in [0.4, 0.5) is 0 Å². The van der Waals surface area contributed by atoms with E-state index in [9.17, 15) is 4.79 Å². The molecule has 8 heteroatoms. The van der Waals surface area contributed by atoms with E-state index in [1.807, 2.05) is 0 Å². The average molecular weight is 445 g/mol. The molecule has 1 aliphatic heterocycles. The summed E-state index contributed by atoms with van der Waals surface area (Å²) in [4.78, 5) is 24.2. The number of halogens is 1. The molecule has 3 heterocycles. The summed E-state index contributed by atoms with van der Waals surface area (Å²) in [6.07, 6.45) is 8.34. The number of carbonyl (C=O) groups excluding carboxylic acids is 1. The van der Waals surface area contributed by atoms with Gasteiger partial charge in [0.15, 0.2) is 0 Å². The highest BCUT2D eigenvalue weighted by Crippen LogP contribution is 2.47. The van der Waals surface area contributed by atoms with Gasteiger partial charge in [-0.25, -0.2) is 4.98 Å². The molecule has 0 amide bonds. The second-order valence-electron chi connectivity index (χ2n) is 9.27. The van der Waals surface area contributed by atoms with E-state index in [2.05, 4.69) is 34.0 Å². The SMILES string of the molecule is C[C@H](Oc1cc(Cl)nc(-c2onc3c2CCCC32CCCCC2=O)n1)[C@@H]1CCCN1C. The highest BCUT2D eigenvalue weighted by Gasteiger charge is 2.47. The largest absolute Gasteiger partial charge is 0.473 e. The van der Waals surface area contributed by atoms with Crippen molar-refractivity contribution < 1.29 is 14.1 Å². The van der Waals surface area contributed by atoms with Crippen LogP contribution in [0, 0.1) is 0 Å². The van der Waals surface area contributed by atoms with Crippen LogP contribution in [0.1, 0.15) is 69.5 Å². The molecule has 1 saturated heterocycles. The number of Topliss-reactive ketones (excluding diaryl/α,β-unsaturated/α-hetero) is 1. The zero-order chi connectivity index (χ0) is 21.6. The van der Waals surface area contributed by atoms with Gasteiger partial charge in [-0.2, -0.15) is 4.98 Å². The van der Waals surface area contributed by atoms with Gasteiger partial charge in [0.2, 0.25) is 17.5 Å². The first-order valence-electron chi connectivity index (χ1n) is 11.4. The third-order valence-corrected chi connectivity index (χ3v) is 7.56. The molecule has 2 aromatic heterocycles. The van der Waals surface area contributed by atoms with Gasteiger partial charge in [-0.15, -0.1) is 0 Å².